The minimum Gasteiger partial charge on any atom is -0.504 e. The predicted molar refractivity (Wildman–Crippen MR) is 379 cm³/mol. The average Bonchev–Trinajstić information content (AvgIpc) is 1.54. The molecule has 6 nitrogen and oxygen atoms in total. The van der Waals surface area contributed by atoms with Gasteiger partial charge in [-0.3, -0.25) is 9.36 Å². The summed E-state index contributed by atoms with van der Waals surface area (Å²) < 4.78 is 3.88. The monoisotopic (exact) mass is 1290 g/mol. The van der Waals surface area contributed by atoms with Crippen molar-refractivity contribution in [2.24, 2.45) is 0 Å². The van der Waals surface area contributed by atoms with Gasteiger partial charge in [0, 0.05) is 53.9 Å². The predicted octanol–water partition coefficient (Wildman–Crippen LogP) is 17.4. The number of aromatic nitrogens is 4. The largest absolute Gasteiger partial charge is 0.504 e. The molecule has 92 heavy (non-hydrogen) atoms. The fraction of sp³-hybridized carbons (Fsp3) is 0.0595. The maximum absolute atomic E-state index is 4.95. The molecule has 2 aromatic heterocycles. The molecule has 0 fully saturated rings. The molecule has 8 heteroatoms. The van der Waals surface area contributed by atoms with Crippen LogP contribution in [0, 0.1) is 52.6 Å². The van der Waals surface area contributed by atoms with Crippen LogP contribution < -0.4 is 30.5 Å². The summed E-state index contributed by atoms with van der Waals surface area (Å²) >= 11 is 0. The number of nitrogens with zero attached hydrogens (tertiary/aromatic N) is 6. The number of para-hydroxylation sites is 4. The fourth-order valence-electron chi connectivity index (χ4n) is 14.1. The van der Waals surface area contributed by atoms with Crippen molar-refractivity contribution in [1.29, 1.82) is 0 Å². The molecule has 1 radical (unpaired) electrons. The van der Waals surface area contributed by atoms with Gasteiger partial charge in [-0.15, -0.1) is 29.4 Å². The van der Waals surface area contributed by atoms with Crippen molar-refractivity contribution in [3.05, 3.63) is 339 Å². The molecule has 447 valence electrons. The van der Waals surface area contributed by atoms with E-state index in [2.05, 4.69) is 299 Å². The van der Waals surface area contributed by atoms with Gasteiger partial charge in [0.2, 0.25) is 0 Å². The molecule has 5 heterocycles. The van der Waals surface area contributed by atoms with Gasteiger partial charge >= 0.3 is 0 Å². The summed E-state index contributed by atoms with van der Waals surface area (Å²) in [7, 11) is -0.359. The van der Waals surface area contributed by atoms with Gasteiger partial charge in [-0.1, -0.05) is 200 Å². The van der Waals surface area contributed by atoms with Crippen molar-refractivity contribution in [2.75, 3.05) is 16.8 Å². The third-order valence-corrected chi connectivity index (χ3v) is 23.1. The van der Waals surface area contributed by atoms with Crippen LogP contribution >= 0.6 is 0 Å². The van der Waals surface area contributed by atoms with Crippen LogP contribution in [0.1, 0.15) is 22.5 Å². The Bertz CT molecular complexity index is 4890. The normalized spacial score (nSPS) is 12.5. The molecule has 0 atom stereocenters. The van der Waals surface area contributed by atoms with E-state index in [0.29, 0.717) is 0 Å². The van der Waals surface area contributed by atoms with E-state index < -0.39 is 8.07 Å². The van der Waals surface area contributed by atoms with E-state index in [4.69, 9.17) is 5.10 Å². The number of aryl methyl sites for hydroxylation is 3. The van der Waals surface area contributed by atoms with Crippen LogP contribution in [0.2, 0.25) is 0 Å². The van der Waals surface area contributed by atoms with Gasteiger partial charge < -0.3 is 9.80 Å². The zero-order valence-electron chi connectivity index (χ0n) is 51.8. The summed E-state index contributed by atoms with van der Waals surface area (Å²) in [4.78, 5) is 4.36. The Balaban J connectivity index is 0.000000123. The topological polar surface area (TPSA) is 42.1 Å². The minimum absolute atomic E-state index is 0. The van der Waals surface area contributed by atoms with E-state index in [0.717, 1.165) is 39.6 Å². The van der Waals surface area contributed by atoms with Crippen molar-refractivity contribution in [3.8, 4) is 89.3 Å². The molecule has 12 aromatic carbocycles. The van der Waals surface area contributed by atoms with Crippen LogP contribution in [-0.4, -0.2) is 34.7 Å². The summed E-state index contributed by atoms with van der Waals surface area (Å²) in [5, 5.41) is 15.4. The third kappa shape index (κ3) is 10.5. The van der Waals surface area contributed by atoms with Crippen molar-refractivity contribution in [2.45, 2.75) is 27.7 Å². The van der Waals surface area contributed by atoms with Crippen LogP contribution in [0.4, 0.5) is 17.1 Å². The first-order valence-corrected chi connectivity index (χ1v) is 33.0. The molecule has 3 aliphatic rings. The van der Waals surface area contributed by atoms with Crippen LogP contribution in [-0.2, 0) is 19.5 Å². The van der Waals surface area contributed by atoms with Crippen molar-refractivity contribution >= 4 is 45.9 Å². The number of anilines is 3. The second-order valence-corrected chi connectivity index (χ2v) is 27.3. The summed E-state index contributed by atoms with van der Waals surface area (Å²) in [6.07, 6.45) is 3.92. The zero-order chi connectivity index (χ0) is 61.6. The molecule has 0 aliphatic carbocycles. The maximum Gasteiger partial charge on any atom is 0.182 e. The molecule has 0 unspecified atom stereocenters. The quantitative estimate of drug-likeness (QED) is 0.112. The van der Waals surface area contributed by atoms with Gasteiger partial charge in [-0.05, 0) is 151 Å². The van der Waals surface area contributed by atoms with Gasteiger partial charge in [0.05, 0.1) is 11.9 Å². The van der Waals surface area contributed by atoms with Gasteiger partial charge in [-0.25, -0.2) is 0 Å². The van der Waals surface area contributed by atoms with Gasteiger partial charge in [0.1, 0.15) is 0 Å². The summed E-state index contributed by atoms with van der Waals surface area (Å²) in [5.41, 5.74) is 27.8. The number of fused-ring (bicyclic) bond motifs is 11. The van der Waals surface area contributed by atoms with Crippen molar-refractivity contribution < 1.29 is 19.5 Å². The van der Waals surface area contributed by atoms with Gasteiger partial charge in [-0.2, -0.15) is 83.6 Å². The molecular weight excluding hydrogens is 1220 g/mol. The Morgan fingerprint density at radius 1 is 0.380 bits per heavy atom. The Labute approximate surface area is 553 Å². The molecular formula is C84H64N6RhSi-4. The van der Waals surface area contributed by atoms with Crippen molar-refractivity contribution in [3.63, 3.8) is 0 Å². The second kappa shape index (κ2) is 25.1. The SMILES string of the molecule is Cc1cc(-c2ccccc2)cc(C)c1-c1cc[c-]c(N2[CH-]N(C)c3ccccc32)c1.Cc1nn(-c2[c-]cccc2)c(C)c1-c1ccc2c(c1)[Si]1(c3ccccc3-c3ccccc31)c1ccccc1-2.[Rh].[c-]1ccccc1-n1cc(-c2ccc(-c3ccccc3)cc2)cn1. The average molecular weight is 1290 g/mol. The second-order valence-electron chi connectivity index (χ2n) is 23.6. The molecule has 0 saturated heterocycles. The van der Waals surface area contributed by atoms with Crippen LogP contribution in [0.25, 0.3) is 89.3 Å². The Morgan fingerprint density at radius 3 is 1.46 bits per heavy atom. The Kier molecular flexibility index (Phi) is 16.1. The smallest absolute Gasteiger partial charge is 0.182 e. The van der Waals surface area contributed by atoms with Gasteiger partial charge in [0.15, 0.2) is 8.07 Å². The molecule has 14 aromatic rings. The van der Waals surface area contributed by atoms with E-state index >= 15 is 0 Å². The third-order valence-electron chi connectivity index (χ3n) is 18.1. The Hall–Kier alpha value is -10.5. The summed E-state index contributed by atoms with van der Waals surface area (Å²) in [5.74, 6) is 0. The molecule has 0 amide bonds. The number of benzene rings is 12. The molecule has 17 rings (SSSR count). The maximum atomic E-state index is 4.95. The zero-order valence-corrected chi connectivity index (χ0v) is 54.4. The summed E-state index contributed by atoms with van der Waals surface area (Å²) in [6.45, 7) is 10.8. The summed E-state index contributed by atoms with van der Waals surface area (Å²) in [6, 6.07) is 109. The molecule has 1 spiro atoms. The van der Waals surface area contributed by atoms with Crippen molar-refractivity contribution in [1.82, 2.24) is 19.6 Å². The first kappa shape index (κ1) is 59.1. The van der Waals surface area contributed by atoms with E-state index in [1.54, 1.807) is 0 Å². The van der Waals surface area contributed by atoms with E-state index in [9.17, 15) is 0 Å². The minimum atomic E-state index is -2.44. The standard InChI is InChI=1S/C35H25N2Si.C28H24N2.C21H15N2.Rh/c1-23-35(24(2)37(36-23)26-12-4-3-5-13-26)25-20-21-30-29-16-8-11-19-33(29)38(34(30)22-25)31-17-9-6-14-27(31)28-15-7-10-18-32(28)38;1-20-16-24(22-10-5-4-6-11-22)17-21(2)28(20)23-12-9-13-25(18-23)30-19-29(3)26-14-7-8-15-27(26)30;1-3-7-17(8-4-1)18-11-13-19(14-12-18)20-15-22-23(16-20)21-9-5-2-6-10-21;/h3-12,14-22H,1-2H3;4-12,14-19H,1-3H3;1-9,11-16H;/q-1;-2;-1;. The first-order chi connectivity index (χ1) is 44.7. The van der Waals surface area contributed by atoms with Gasteiger partial charge in [0.25, 0.3) is 0 Å². The van der Waals surface area contributed by atoms with Crippen LogP contribution in [0.3, 0.4) is 0 Å². The van der Waals surface area contributed by atoms with E-state index in [-0.39, 0.29) is 19.5 Å². The van der Waals surface area contributed by atoms with E-state index in [1.807, 2.05) is 76.4 Å². The van der Waals surface area contributed by atoms with Crippen LogP contribution in [0.15, 0.2) is 291 Å². The molecule has 0 saturated carbocycles. The van der Waals surface area contributed by atoms with Crippen LogP contribution in [0.5, 0.6) is 0 Å². The fourth-order valence-corrected chi connectivity index (χ4v) is 19.7. The Morgan fingerprint density at radius 2 is 0.859 bits per heavy atom. The molecule has 3 aliphatic heterocycles. The number of hydrogen-bond donors (Lipinski definition) is 0. The molecule has 0 bridgehead atoms. The first-order valence-electron chi connectivity index (χ1n) is 31.0. The number of rotatable bonds is 8. The molecule has 0 N–H and O–H groups in total. The number of hydrogen-bond acceptors (Lipinski definition) is 4. The van der Waals surface area contributed by atoms with E-state index in [1.165, 1.54) is 110 Å².